The average Bonchev–Trinajstić information content (AvgIpc) is 2.60. The van der Waals surface area contributed by atoms with Gasteiger partial charge in [0.05, 0.1) is 28.4 Å². The highest BCUT2D eigenvalue weighted by Crippen LogP contribution is 2.42. The Labute approximate surface area is 119 Å². The summed E-state index contributed by atoms with van der Waals surface area (Å²) in [6.45, 7) is 2.91. The Morgan fingerprint density at radius 1 is 1.30 bits per heavy atom. The van der Waals surface area contributed by atoms with Crippen LogP contribution in [0.3, 0.4) is 0 Å². The normalized spacial score (nSPS) is 28.8. The lowest BCUT2D eigenvalue weighted by Crippen LogP contribution is -2.42. The number of anilines is 2. The molecular formula is C16H19N3O. The van der Waals surface area contributed by atoms with E-state index in [1.165, 1.54) is 0 Å². The molecule has 4 heteroatoms. The molecule has 1 saturated carbocycles. The van der Waals surface area contributed by atoms with Crippen molar-refractivity contribution in [1.29, 1.82) is 5.26 Å². The first-order valence-corrected chi connectivity index (χ1v) is 7.22. The lowest BCUT2D eigenvalue weighted by molar-refractivity contribution is -0.126. The van der Waals surface area contributed by atoms with Crippen LogP contribution in [0.1, 0.15) is 38.2 Å². The predicted molar refractivity (Wildman–Crippen MR) is 78.3 cm³/mol. The lowest BCUT2D eigenvalue weighted by Gasteiger charge is -2.36. The molecule has 2 N–H and O–H groups in total. The molecule has 0 saturated heterocycles. The standard InChI is InChI=1S/C16H19N3O/c1-11-4-6-16(7-5-11)10-18-14-8-12(9-17)2-3-13(14)19-15(16)20/h2-3,8,11,18H,4-7,10H2,1H3,(H,19,20). The molecule has 1 aromatic rings. The van der Waals surface area contributed by atoms with E-state index < -0.39 is 0 Å². The monoisotopic (exact) mass is 269 g/mol. The summed E-state index contributed by atoms with van der Waals surface area (Å²) >= 11 is 0. The van der Waals surface area contributed by atoms with Gasteiger partial charge < -0.3 is 10.6 Å². The quantitative estimate of drug-likeness (QED) is 0.760. The van der Waals surface area contributed by atoms with Gasteiger partial charge in [0, 0.05) is 6.54 Å². The van der Waals surface area contributed by atoms with Gasteiger partial charge >= 0.3 is 0 Å². The summed E-state index contributed by atoms with van der Waals surface area (Å²) in [4.78, 5) is 12.6. The van der Waals surface area contributed by atoms with Crippen LogP contribution in [0.5, 0.6) is 0 Å². The van der Waals surface area contributed by atoms with Crippen LogP contribution >= 0.6 is 0 Å². The first-order valence-electron chi connectivity index (χ1n) is 7.22. The van der Waals surface area contributed by atoms with Gasteiger partial charge in [-0.2, -0.15) is 5.26 Å². The van der Waals surface area contributed by atoms with Crippen LogP contribution in [0.25, 0.3) is 0 Å². The zero-order valence-electron chi connectivity index (χ0n) is 11.7. The largest absolute Gasteiger partial charge is 0.382 e. The number of hydrogen-bond donors (Lipinski definition) is 2. The lowest BCUT2D eigenvalue weighted by atomic mass is 9.70. The summed E-state index contributed by atoms with van der Waals surface area (Å²) in [7, 11) is 0. The van der Waals surface area contributed by atoms with Gasteiger partial charge in [-0.3, -0.25) is 4.79 Å². The molecule has 2 aliphatic rings. The van der Waals surface area contributed by atoms with Gasteiger partial charge in [-0.1, -0.05) is 6.92 Å². The van der Waals surface area contributed by atoms with Gasteiger partial charge in [0.2, 0.25) is 5.91 Å². The number of carbonyl (C=O) groups excluding carboxylic acids is 1. The second-order valence-corrected chi connectivity index (χ2v) is 6.14. The molecule has 1 fully saturated rings. The maximum absolute atomic E-state index is 12.6. The molecule has 4 nitrogen and oxygen atoms in total. The molecule has 1 aliphatic carbocycles. The van der Waals surface area contributed by atoms with Crippen LogP contribution in [0, 0.1) is 22.7 Å². The summed E-state index contributed by atoms with van der Waals surface area (Å²) < 4.78 is 0. The number of carbonyl (C=O) groups is 1. The Morgan fingerprint density at radius 3 is 2.75 bits per heavy atom. The summed E-state index contributed by atoms with van der Waals surface area (Å²) in [5.74, 6) is 0.838. The Hall–Kier alpha value is -2.02. The number of nitriles is 1. The van der Waals surface area contributed by atoms with Gasteiger partial charge in [-0.05, 0) is 49.8 Å². The molecule has 0 radical (unpaired) electrons. The highest BCUT2D eigenvalue weighted by Gasteiger charge is 2.42. The Balaban J connectivity index is 1.89. The highest BCUT2D eigenvalue weighted by molar-refractivity contribution is 6.00. The number of nitrogens with zero attached hydrogens (tertiary/aromatic N) is 1. The topological polar surface area (TPSA) is 64.9 Å². The van der Waals surface area contributed by atoms with Gasteiger partial charge in [0.15, 0.2) is 0 Å². The van der Waals surface area contributed by atoms with Gasteiger partial charge in [0.1, 0.15) is 0 Å². The number of fused-ring (bicyclic) bond motifs is 1. The Kier molecular flexibility index (Phi) is 3.13. The number of rotatable bonds is 0. The van der Waals surface area contributed by atoms with E-state index in [1.807, 2.05) is 6.07 Å². The van der Waals surface area contributed by atoms with Crippen molar-refractivity contribution in [2.24, 2.45) is 11.3 Å². The molecule has 0 unspecified atom stereocenters. The van der Waals surface area contributed by atoms with E-state index >= 15 is 0 Å². The summed E-state index contributed by atoms with van der Waals surface area (Å²) in [5.41, 5.74) is 1.95. The van der Waals surface area contributed by atoms with Crippen molar-refractivity contribution in [1.82, 2.24) is 0 Å². The Morgan fingerprint density at radius 2 is 2.05 bits per heavy atom. The summed E-state index contributed by atoms with van der Waals surface area (Å²) in [6, 6.07) is 7.49. The van der Waals surface area contributed by atoms with E-state index in [-0.39, 0.29) is 11.3 Å². The summed E-state index contributed by atoms with van der Waals surface area (Å²) in [6.07, 6.45) is 4.09. The van der Waals surface area contributed by atoms with Crippen molar-refractivity contribution < 1.29 is 4.79 Å². The molecule has 1 aromatic carbocycles. The third-order valence-corrected chi connectivity index (χ3v) is 4.73. The number of benzene rings is 1. The second kappa shape index (κ2) is 4.82. The molecule has 20 heavy (non-hydrogen) atoms. The first-order chi connectivity index (χ1) is 9.63. The number of hydrogen-bond acceptors (Lipinski definition) is 3. The molecule has 1 aliphatic heterocycles. The molecule has 0 aromatic heterocycles. The SMILES string of the molecule is CC1CCC2(CC1)CNc1cc(C#N)ccc1NC2=O. The van der Waals surface area contributed by atoms with Gasteiger partial charge in [-0.15, -0.1) is 0 Å². The van der Waals surface area contributed by atoms with E-state index in [0.717, 1.165) is 37.1 Å². The van der Waals surface area contributed by atoms with Crippen molar-refractivity contribution in [3.63, 3.8) is 0 Å². The van der Waals surface area contributed by atoms with Crippen molar-refractivity contribution in [2.45, 2.75) is 32.6 Å². The van der Waals surface area contributed by atoms with Crippen molar-refractivity contribution in [2.75, 3.05) is 17.2 Å². The van der Waals surface area contributed by atoms with Crippen LogP contribution < -0.4 is 10.6 Å². The van der Waals surface area contributed by atoms with Crippen LogP contribution in [0.2, 0.25) is 0 Å². The third kappa shape index (κ3) is 2.14. The molecule has 104 valence electrons. The number of nitrogens with one attached hydrogen (secondary N) is 2. The van der Waals surface area contributed by atoms with E-state index in [2.05, 4.69) is 23.6 Å². The fourth-order valence-electron chi connectivity index (χ4n) is 3.19. The third-order valence-electron chi connectivity index (χ3n) is 4.73. The molecule has 1 spiro atoms. The second-order valence-electron chi connectivity index (χ2n) is 6.14. The van der Waals surface area contributed by atoms with E-state index in [4.69, 9.17) is 5.26 Å². The minimum Gasteiger partial charge on any atom is -0.382 e. The average molecular weight is 269 g/mol. The maximum atomic E-state index is 12.6. The van der Waals surface area contributed by atoms with Crippen molar-refractivity contribution in [3.05, 3.63) is 23.8 Å². The maximum Gasteiger partial charge on any atom is 0.232 e. The molecule has 0 atom stereocenters. The molecule has 0 bridgehead atoms. The van der Waals surface area contributed by atoms with Crippen LogP contribution in [0.15, 0.2) is 18.2 Å². The minimum absolute atomic E-state index is 0.125. The molecular weight excluding hydrogens is 250 g/mol. The zero-order valence-corrected chi connectivity index (χ0v) is 11.7. The first kappa shape index (κ1) is 13.0. The van der Waals surface area contributed by atoms with Gasteiger partial charge in [-0.25, -0.2) is 0 Å². The highest BCUT2D eigenvalue weighted by atomic mass is 16.2. The van der Waals surface area contributed by atoms with Gasteiger partial charge in [0.25, 0.3) is 0 Å². The molecule has 1 heterocycles. The van der Waals surface area contributed by atoms with E-state index in [0.29, 0.717) is 18.0 Å². The Bertz CT molecular complexity index is 580. The van der Waals surface area contributed by atoms with Crippen molar-refractivity contribution >= 4 is 17.3 Å². The molecule has 1 amide bonds. The van der Waals surface area contributed by atoms with E-state index in [1.54, 1.807) is 12.1 Å². The minimum atomic E-state index is -0.293. The fraction of sp³-hybridized carbons (Fsp3) is 0.500. The van der Waals surface area contributed by atoms with Crippen LogP contribution in [-0.4, -0.2) is 12.5 Å². The van der Waals surface area contributed by atoms with E-state index in [9.17, 15) is 4.79 Å². The van der Waals surface area contributed by atoms with Crippen molar-refractivity contribution in [3.8, 4) is 6.07 Å². The predicted octanol–water partition coefficient (Wildman–Crippen LogP) is 3.12. The summed E-state index contributed by atoms with van der Waals surface area (Å²) in [5, 5.41) is 15.4. The van der Waals surface area contributed by atoms with Crippen LogP contribution in [-0.2, 0) is 4.79 Å². The van der Waals surface area contributed by atoms with Crippen LogP contribution in [0.4, 0.5) is 11.4 Å². The molecule has 3 rings (SSSR count). The fourth-order valence-corrected chi connectivity index (χ4v) is 3.19. The number of amides is 1. The zero-order chi connectivity index (χ0) is 14.2. The smallest absolute Gasteiger partial charge is 0.232 e.